The third kappa shape index (κ3) is 5.16. The van der Waals surface area contributed by atoms with Crippen molar-refractivity contribution in [3.05, 3.63) is 89.2 Å². The summed E-state index contributed by atoms with van der Waals surface area (Å²) in [5, 5.41) is 13.8. The van der Waals surface area contributed by atoms with Gasteiger partial charge in [-0.3, -0.25) is 14.9 Å². The molecule has 7 nitrogen and oxygen atoms in total. The van der Waals surface area contributed by atoms with Gasteiger partial charge in [0, 0.05) is 12.0 Å². The number of ether oxygens (including phenoxy) is 1. The first kappa shape index (κ1) is 23.9. The van der Waals surface area contributed by atoms with Gasteiger partial charge in [0.2, 0.25) is 0 Å². The highest BCUT2D eigenvalue weighted by Crippen LogP contribution is 2.44. The zero-order valence-electron chi connectivity index (χ0n) is 19.1. The molecule has 3 aromatic carbocycles. The number of hydrogen-bond donors (Lipinski definition) is 3. The molecule has 8 heteroatoms. The molecule has 0 aromatic heterocycles. The summed E-state index contributed by atoms with van der Waals surface area (Å²) < 4.78 is 20.4. The molecule has 3 aromatic rings. The van der Waals surface area contributed by atoms with Crippen molar-refractivity contribution in [2.45, 2.75) is 31.7 Å². The molecule has 0 spiro atoms. The number of fused-ring (bicyclic) bond motifs is 3. The number of nitrogens with one attached hydrogen (secondary N) is 2. The number of halogens is 1. The maximum absolute atomic E-state index is 15.0. The highest BCUT2D eigenvalue weighted by Gasteiger charge is 2.29. The predicted octanol–water partition coefficient (Wildman–Crippen LogP) is 5.17. The summed E-state index contributed by atoms with van der Waals surface area (Å²) >= 11 is 0. The van der Waals surface area contributed by atoms with Gasteiger partial charge in [0.25, 0.3) is 5.91 Å². The van der Waals surface area contributed by atoms with E-state index in [9.17, 15) is 18.8 Å². The molecule has 0 bridgehead atoms. The van der Waals surface area contributed by atoms with E-state index in [1.807, 2.05) is 48.5 Å². The van der Waals surface area contributed by atoms with E-state index in [1.165, 1.54) is 18.2 Å². The van der Waals surface area contributed by atoms with Crippen LogP contribution < -0.4 is 10.6 Å². The summed E-state index contributed by atoms with van der Waals surface area (Å²) in [6.07, 6.45) is -0.751. The number of carboxylic acids is 1. The number of aliphatic carboxylic acids is 1. The Hall–Kier alpha value is -4.20. The lowest BCUT2D eigenvalue weighted by molar-refractivity contribution is -0.137. The molecule has 0 saturated heterocycles. The van der Waals surface area contributed by atoms with E-state index in [0.29, 0.717) is 6.42 Å². The number of carbonyl (C=O) groups is 3. The van der Waals surface area contributed by atoms with Gasteiger partial charge in [-0.25, -0.2) is 9.18 Å². The summed E-state index contributed by atoms with van der Waals surface area (Å²) in [4.78, 5) is 35.9. The van der Waals surface area contributed by atoms with E-state index in [1.54, 1.807) is 6.92 Å². The summed E-state index contributed by atoms with van der Waals surface area (Å²) in [5.74, 6) is -2.89. The Labute approximate surface area is 201 Å². The molecule has 0 saturated carbocycles. The first-order valence-corrected chi connectivity index (χ1v) is 11.3. The zero-order valence-corrected chi connectivity index (χ0v) is 19.1. The van der Waals surface area contributed by atoms with Crippen LogP contribution >= 0.6 is 0 Å². The van der Waals surface area contributed by atoms with Crippen LogP contribution in [0.2, 0.25) is 0 Å². The van der Waals surface area contributed by atoms with Crippen LogP contribution in [0, 0.1) is 5.82 Å². The zero-order chi connectivity index (χ0) is 24.9. The average Bonchev–Trinajstić information content (AvgIpc) is 3.17. The first-order chi connectivity index (χ1) is 16.9. The SMILES string of the molecule is CCC(CC(=O)O)NC(=O)c1cccc(NC(=O)OCC2c3ccccc3-c3ccccc32)c1F. The monoisotopic (exact) mass is 476 g/mol. The summed E-state index contributed by atoms with van der Waals surface area (Å²) in [5.41, 5.74) is 3.79. The molecule has 1 aliphatic carbocycles. The molecule has 0 fully saturated rings. The fourth-order valence-corrected chi connectivity index (χ4v) is 4.32. The molecule has 1 atom stereocenters. The highest BCUT2D eigenvalue weighted by atomic mass is 19.1. The smallest absolute Gasteiger partial charge is 0.411 e. The third-order valence-electron chi connectivity index (χ3n) is 6.07. The molecule has 3 N–H and O–H groups in total. The lowest BCUT2D eigenvalue weighted by Gasteiger charge is -2.17. The average molecular weight is 477 g/mol. The van der Waals surface area contributed by atoms with Gasteiger partial charge in [-0.1, -0.05) is 61.5 Å². The largest absolute Gasteiger partial charge is 0.481 e. The molecule has 35 heavy (non-hydrogen) atoms. The molecule has 180 valence electrons. The standard InChI is InChI=1S/C27H25FN2O5/c1-2-16(14-24(31)32)29-26(33)21-12-7-13-23(25(21)28)30-27(34)35-15-22-19-10-5-3-8-17(19)18-9-4-6-11-20(18)22/h3-13,16,22H,2,14-15H2,1H3,(H,29,33)(H,30,34)(H,31,32). The second-order valence-electron chi connectivity index (χ2n) is 8.29. The van der Waals surface area contributed by atoms with Crippen molar-refractivity contribution in [2.24, 2.45) is 0 Å². The molecule has 0 radical (unpaired) electrons. The maximum Gasteiger partial charge on any atom is 0.411 e. The predicted molar refractivity (Wildman–Crippen MR) is 129 cm³/mol. The van der Waals surface area contributed by atoms with Crippen LogP contribution in [0.4, 0.5) is 14.9 Å². The fourth-order valence-electron chi connectivity index (χ4n) is 4.32. The minimum Gasteiger partial charge on any atom is -0.481 e. The van der Waals surface area contributed by atoms with Crippen molar-refractivity contribution in [3.63, 3.8) is 0 Å². The molecular weight excluding hydrogens is 451 g/mol. The number of amides is 2. The van der Waals surface area contributed by atoms with Crippen molar-refractivity contribution in [2.75, 3.05) is 11.9 Å². The topological polar surface area (TPSA) is 105 Å². The van der Waals surface area contributed by atoms with Crippen LogP contribution in [0.1, 0.15) is 47.2 Å². The first-order valence-electron chi connectivity index (χ1n) is 11.3. The van der Waals surface area contributed by atoms with Crippen LogP contribution in [0.25, 0.3) is 11.1 Å². The van der Waals surface area contributed by atoms with E-state index < -0.39 is 29.8 Å². The Kier molecular flexibility index (Phi) is 7.10. The van der Waals surface area contributed by atoms with E-state index >= 15 is 0 Å². The van der Waals surface area contributed by atoms with Gasteiger partial charge in [-0.15, -0.1) is 0 Å². The third-order valence-corrected chi connectivity index (χ3v) is 6.07. The van der Waals surface area contributed by atoms with E-state index in [2.05, 4.69) is 10.6 Å². The molecule has 1 aliphatic rings. The van der Waals surface area contributed by atoms with Gasteiger partial charge in [0.1, 0.15) is 6.61 Å². The van der Waals surface area contributed by atoms with Crippen molar-refractivity contribution < 1.29 is 28.6 Å². The van der Waals surface area contributed by atoms with Crippen LogP contribution in [-0.2, 0) is 9.53 Å². The van der Waals surface area contributed by atoms with Crippen LogP contribution in [-0.4, -0.2) is 35.7 Å². The number of carboxylic acid groups (broad SMARTS) is 1. The lowest BCUT2D eigenvalue weighted by Crippen LogP contribution is -2.36. The molecule has 4 rings (SSSR count). The summed E-state index contributed by atoms with van der Waals surface area (Å²) in [6, 6.07) is 19.2. The summed E-state index contributed by atoms with van der Waals surface area (Å²) in [6.45, 7) is 1.79. The van der Waals surface area contributed by atoms with Crippen molar-refractivity contribution in [1.82, 2.24) is 5.32 Å². The number of rotatable bonds is 8. The minimum absolute atomic E-state index is 0.0645. The van der Waals surface area contributed by atoms with Gasteiger partial charge in [-0.05, 0) is 40.8 Å². The van der Waals surface area contributed by atoms with Crippen LogP contribution in [0.15, 0.2) is 66.7 Å². The van der Waals surface area contributed by atoms with Crippen LogP contribution in [0.3, 0.4) is 0 Å². The number of benzene rings is 3. The second kappa shape index (κ2) is 10.4. The van der Waals surface area contributed by atoms with Crippen molar-refractivity contribution in [3.8, 4) is 11.1 Å². The lowest BCUT2D eigenvalue weighted by atomic mass is 9.98. The second-order valence-corrected chi connectivity index (χ2v) is 8.29. The Morgan fingerprint density at radius 1 is 0.971 bits per heavy atom. The molecule has 0 heterocycles. The van der Waals surface area contributed by atoms with Crippen LogP contribution in [0.5, 0.6) is 0 Å². The van der Waals surface area contributed by atoms with E-state index in [-0.39, 0.29) is 30.2 Å². The normalized spacial score (nSPS) is 12.9. The van der Waals surface area contributed by atoms with Gasteiger partial charge < -0.3 is 15.2 Å². The molecular formula is C27H25FN2O5. The molecule has 2 amide bonds. The van der Waals surface area contributed by atoms with Crippen molar-refractivity contribution in [1.29, 1.82) is 0 Å². The van der Waals surface area contributed by atoms with Gasteiger partial charge >= 0.3 is 12.1 Å². The summed E-state index contributed by atoms with van der Waals surface area (Å²) in [7, 11) is 0. The highest BCUT2D eigenvalue weighted by molar-refractivity contribution is 5.97. The van der Waals surface area contributed by atoms with Gasteiger partial charge in [-0.2, -0.15) is 0 Å². The van der Waals surface area contributed by atoms with Gasteiger partial charge in [0.05, 0.1) is 17.7 Å². The fraction of sp³-hybridized carbons (Fsp3) is 0.222. The number of anilines is 1. The molecule has 1 unspecified atom stereocenters. The Bertz CT molecular complexity index is 1230. The van der Waals surface area contributed by atoms with Gasteiger partial charge in [0.15, 0.2) is 5.82 Å². The van der Waals surface area contributed by atoms with Crippen molar-refractivity contribution >= 4 is 23.7 Å². The quantitative estimate of drug-likeness (QED) is 0.416. The maximum atomic E-state index is 15.0. The number of carbonyl (C=O) groups excluding carboxylic acids is 2. The Morgan fingerprint density at radius 3 is 2.20 bits per heavy atom. The number of hydrogen-bond acceptors (Lipinski definition) is 4. The van der Waals surface area contributed by atoms with E-state index in [0.717, 1.165) is 22.3 Å². The van der Waals surface area contributed by atoms with E-state index in [4.69, 9.17) is 9.84 Å². The Morgan fingerprint density at radius 2 is 1.60 bits per heavy atom. The minimum atomic E-state index is -1.07. The Balaban J connectivity index is 1.43. The molecule has 0 aliphatic heterocycles.